The highest BCUT2D eigenvalue weighted by Crippen LogP contribution is 2.24. The lowest BCUT2D eigenvalue weighted by Gasteiger charge is -2.32. The van der Waals surface area contributed by atoms with Crippen LogP contribution in [0.3, 0.4) is 0 Å². The lowest BCUT2D eigenvalue weighted by atomic mass is 10.2. The fourth-order valence-electron chi connectivity index (χ4n) is 1.67. The Kier molecular flexibility index (Phi) is 3.61. The van der Waals surface area contributed by atoms with Crippen molar-refractivity contribution >= 4 is 23.2 Å². The second kappa shape index (κ2) is 5.00. The van der Waals surface area contributed by atoms with E-state index < -0.39 is 5.82 Å². The van der Waals surface area contributed by atoms with Crippen LogP contribution < -0.4 is 10.6 Å². The van der Waals surface area contributed by atoms with Crippen molar-refractivity contribution in [2.75, 3.05) is 24.6 Å². The number of anilines is 1. The highest BCUT2D eigenvalue weighted by atomic mass is 35.5. The predicted molar refractivity (Wildman–Crippen MR) is 62.6 cm³/mol. The van der Waals surface area contributed by atoms with Gasteiger partial charge in [-0.25, -0.2) is 4.39 Å². The Morgan fingerprint density at radius 2 is 2.35 bits per heavy atom. The van der Waals surface area contributed by atoms with Crippen LogP contribution in [-0.2, 0) is 9.53 Å². The molecule has 1 unspecified atom stereocenters. The molecule has 4 nitrogen and oxygen atoms in total. The van der Waals surface area contributed by atoms with Crippen LogP contribution in [0.15, 0.2) is 18.2 Å². The quantitative estimate of drug-likeness (QED) is 0.866. The minimum Gasteiger partial charge on any atom is -0.365 e. The van der Waals surface area contributed by atoms with Crippen LogP contribution in [0.2, 0.25) is 5.02 Å². The molecule has 0 radical (unpaired) electrons. The molecule has 1 amide bonds. The fraction of sp³-hybridized carbons (Fsp3) is 0.364. The number of rotatable bonds is 2. The van der Waals surface area contributed by atoms with Crippen molar-refractivity contribution in [2.45, 2.75) is 6.10 Å². The van der Waals surface area contributed by atoms with Gasteiger partial charge in [0.2, 0.25) is 0 Å². The van der Waals surface area contributed by atoms with Crippen molar-refractivity contribution in [3.63, 3.8) is 0 Å². The number of nitrogens with zero attached hydrogens (tertiary/aromatic N) is 1. The smallest absolute Gasteiger partial charge is 0.253 e. The molecule has 1 aromatic rings. The number of morpholine rings is 1. The van der Waals surface area contributed by atoms with Gasteiger partial charge in [0.25, 0.3) is 5.91 Å². The Balaban J connectivity index is 2.24. The summed E-state index contributed by atoms with van der Waals surface area (Å²) in [6.07, 6.45) is -0.198. The molecule has 0 aliphatic carbocycles. The van der Waals surface area contributed by atoms with Crippen LogP contribution in [0, 0.1) is 5.82 Å². The Hall–Kier alpha value is -1.17. The first kappa shape index (κ1) is 12.3. The Morgan fingerprint density at radius 3 is 3.00 bits per heavy atom. The third kappa shape index (κ3) is 2.57. The number of hydrogen-bond acceptors (Lipinski definition) is 3. The third-order valence-corrected chi connectivity index (χ3v) is 2.90. The Labute approximate surface area is 103 Å². The average molecular weight is 259 g/mol. The van der Waals surface area contributed by atoms with Crippen LogP contribution in [0.1, 0.15) is 0 Å². The molecular formula is C11H12ClFN2O2. The standard InChI is InChI=1S/C11H12ClFN2O2/c12-9-3-7(1-2-10(9)13)15-5-8(4-14)17-6-11(15)16/h1-3,8H,4-6,14H2. The van der Waals surface area contributed by atoms with E-state index in [0.717, 1.165) is 0 Å². The van der Waals surface area contributed by atoms with E-state index in [0.29, 0.717) is 18.8 Å². The minimum absolute atomic E-state index is 0.00825. The summed E-state index contributed by atoms with van der Waals surface area (Å²) in [6, 6.07) is 4.17. The number of amides is 1. The minimum atomic E-state index is -0.508. The molecule has 1 aliphatic heterocycles. The molecule has 6 heteroatoms. The van der Waals surface area contributed by atoms with Crippen molar-refractivity contribution in [1.82, 2.24) is 0 Å². The first-order valence-corrected chi connectivity index (χ1v) is 5.56. The van der Waals surface area contributed by atoms with Gasteiger partial charge in [-0.1, -0.05) is 11.6 Å². The third-order valence-electron chi connectivity index (χ3n) is 2.61. The lowest BCUT2D eigenvalue weighted by molar-refractivity contribution is -0.128. The predicted octanol–water partition coefficient (Wildman–Crippen LogP) is 1.17. The van der Waals surface area contributed by atoms with E-state index in [1.165, 1.54) is 23.1 Å². The molecule has 1 aliphatic rings. The largest absolute Gasteiger partial charge is 0.365 e. The highest BCUT2D eigenvalue weighted by molar-refractivity contribution is 6.31. The number of nitrogens with two attached hydrogens (primary N) is 1. The maximum absolute atomic E-state index is 13.0. The zero-order chi connectivity index (χ0) is 12.4. The van der Waals surface area contributed by atoms with E-state index in [4.69, 9.17) is 22.1 Å². The van der Waals surface area contributed by atoms with E-state index >= 15 is 0 Å². The zero-order valence-corrected chi connectivity index (χ0v) is 9.78. The maximum atomic E-state index is 13.0. The summed E-state index contributed by atoms with van der Waals surface area (Å²) >= 11 is 5.68. The van der Waals surface area contributed by atoms with Crippen LogP contribution in [0.4, 0.5) is 10.1 Å². The van der Waals surface area contributed by atoms with Crippen molar-refractivity contribution < 1.29 is 13.9 Å². The van der Waals surface area contributed by atoms with Gasteiger partial charge in [-0.15, -0.1) is 0 Å². The molecule has 17 heavy (non-hydrogen) atoms. The molecule has 0 saturated carbocycles. The molecule has 1 fully saturated rings. The molecule has 1 saturated heterocycles. The fourth-order valence-corrected chi connectivity index (χ4v) is 1.84. The van der Waals surface area contributed by atoms with Crippen LogP contribution in [0.5, 0.6) is 0 Å². The summed E-state index contributed by atoms with van der Waals surface area (Å²) in [5, 5.41) is -0.00825. The molecule has 0 bridgehead atoms. The number of hydrogen-bond donors (Lipinski definition) is 1. The highest BCUT2D eigenvalue weighted by Gasteiger charge is 2.26. The first-order valence-electron chi connectivity index (χ1n) is 5.19. The molecule has 1 heterocycles. The van der Waals surface area contributed by atoms with E-state index in [-0.39, 0.29) is 23.6 Å². The Morgan fingerprint density at radius 1 is 1.59 bits per heavy atom. The van der Waals surface area contributed by atoms with E-state index in [9.17, 15) is 9.18 Å². The van der Waals surface area contributed by atoms with Gasteiger partial charge in [0.15, 0.2) is 0 Å². The molecule has 0 spiro atoms. The van der Waals surface area contributed by atoms with E-state index in [1.807, 2.05) is 0 Å². The molecule has 2 N–H and O–H groups in total. The van der Waals surface area contributed by atoms with E-state index in [2.05, 4.69) is 0 Å². The van der Waals surface area contributed by atoms with Crippen molar-refractivity contribution in [2.24, 2.45) is 5.73 Å². The van der Waals surface area contributed by atoms with Gasteiger partial charge < -0.3 is 15.4 Å². The number of halogens is 2. The SMILES string of the molecule is NCC1CN(c2ccc(F)c(Cl)c2)C(=O)CO1. The number of benzene rings is 1. The van der Waals surface area contributed by atoms with Crippen LogP contribution >= 0.6 is 11.6 Å². The molecule has 1 atom stereocenters. The second-order valence-electron chi connectivity index (χ2n) is 3.77. The summed E-state index contributed by atoms with van der Waals surface area (Å²) < 4.78 is 18.2. The van der Waals surface area contributed by atoms with Crippen molar-refractivity contribution in [3.05, 3.63) is 29.0 Å². The van der Waals surface area contributed by atoms with Gasteiger partial charge in [-0.2, -0.15) is 0 Å². The molecule has 1 aromatic carbocycles. The number of carbonyl (C=O) groups excluding carboxylic acids is 1. The van der Waals surface area contributed by atoms with Gasteiger partial charge in [-0.3, -0.25) is 4.79 Å². The summed E-state index contributed by atoms with van der Waals surface area (Å²) in [6.45, 7) is 0.673. The van der Waals surface area contributed by atoms with Gasteiger partial charge >= 0.3 is 0 Å². The van der Waals surface area contributed by atoms with Crippen LogP contribution in [0.25, 0.3) is 0 Å². The van der Waals surface area contributed by atoms with Crippen LogP contribution in [-0.4, -0.2) is 31.7 Å². The summed E-state index contributed by atoms with van der Waals surface area (Å²) in [7, 11) is 0. The zero-order valence-electron chi connectivity index (χ0n) is 9.03. The van der Waals surface area contributed by atoms with Crippen molar-refractivity contribution in [1.29, 1.82) is 0 Å². The summed E-state index contributed by atoms with van der Waals surface area (Å²) in [5.74, 6) is -0.691. The van der Waals surface area contributed by atoms with Gasteiger partial charge in [-0.05, 0) is 18.2 Å². The van der Waals surface area contributed by atoms with E-state index in [1.54, 1.807) is 0 Å². The topological polar surface area (TPSA) is 55.6 Å². The monoisotopic (exact) mass is 258 g/mol. The lowest BCUT2D eigenvalue weighted by Crippen LogP contribution is -2.49. The number of carbonyl (C=O) groups is 1. The molecule has 0 aromatic heterocycles. The van der Waals surface area contributed by atoms with Gasteiger partial charge in [0.1, 0.15) is 12.4 Å². The normalized spacial score (nSPS) is 20.8. The van der Waals surface area contributed by atoms with Gasteiger partial charge in [0, 0.05) is 12.2 Å². The summed E-state index contributed by atoms with van der Waals surface area (Å²) in [4.78, 5) is 13.2. The number of ether oxygens (including phenoxy) is 1. The maximum Gasteiger partial charge on any atom is 0.253 e. The summed E-state index contributed by atoms with van der Waals surface area (Å²) in [5.41, 5.74) is 6.05. The molecular weight excluding hydrogens is 247 g/mol. The average Bonchev–Trinajstić information content (AvgIpc) is 2.33. The Bertz CT molecular complexity index is 441. The van der Waals surface area contributed by atoms with Gasteiger partial charge in [0.05, 0.1) is 17.7 Å². The molecule has 2 rings (SSSR count). The van der Waals surface area contributed by atoms with Crippen molar-refractivity contribution in [3.8, 4) is 0 Å². The second-order valence-corrected chi connectivity index (χ2v) is 4.18. The first-order chi connectivity index (χ1) is 8.11. The molecule has 92 valence electrons.